The molecule has 0 atom stereocenters. The number of rotatable bonds is 4. The highest BCUT2D eigenvalue weighted by molar-refractivity contribution is 6.17. The molecule has 64 valence electrons. The van der Waals surface area contributed by atoms with E-state index in [-0.39, 0.29) is 0 Å². The number of halogens is 1. The Bertz CT molecular complexity index is 262. The Morgan fingerprint density at radius 1 is 1.42 bits per heavy atom. The van der Waals surface area contributed by atoms with Gasteiger partial charge in [0.25, 0.3) is 0 Å². The molecular formula is C9H10ClNO. The van der Waals surface area contributed by atoms with E-state index >= 15 is 0 Å². The second kappa shape index (κ2) is 4.78. The van der Waals surface area contributed by atoms with Crippen LogP contribution in [0.4, 0.5) is 0 Å². The van der Waals surface area contributed by atoms with Crippen LogP contribution in [-0.4, -0.2) is 6.41 Å². The third-order valence-corrected chi connectivity index (χ3v) is 1.84. The zero-order valence-electron chi connectivity index (χ0n) is 6.59. The maximum absolute atomic E-state index is 10.00. The number of amides is 1. The highest BCUT2D eigenvalue weighted by Gasteiger charge is 1.93. The highest BCUT2D eigenvalue weighted by atomic mass is 35.5. The van der Waals surface area contributed by atoms with E-state index in [1.165, 1.54) is 0 Å². The van der Waals surface area contributed by atoms with Crippen LogP contribution in [0.5, 0.6) is 0 Å². The molecule has 0 bridgehead atoms. The summed E-state index contributed by atoms with van der Waals surface area (Å²) in [4.78, 5) is 10.00. The fourth-order valence-electron chi connectivity index (χ4n) is 0.982. The third-order valence-electron chi connectivity index (χ3n) is 1.54. The van der Waals surface area contributed by atoms with Gasteiger partial charge in [0.1, 0.15) is 0 Å². The van der Waals surface area contributed by atoms with Crippen LogP contribution < -0.4 is 5.32 Å². The molecule has 1 amide bonds. The van der Waals surface area contributed by atoms with Crippen LogP contribution in [0.25, 0.3) is 0 Å². The predicted octanol–water partition coefficient (Wildman–Crippen LogP) is 1.67. The SMILES string of the molecule is O=CNCc1cccc(CCl)c1. The fourth-order valence-corrected chi connectivity index (χ4v) is 1.15. The molecule has 0 aromatic heterocycles. The average Bonchev–Trinajstić information content (AvgIpc) is 2.15. The van der Waals surface area contributed by atoms with Crippen LogP contribution in [0, 0.1) is 0 Å². The molecule has 1 rings (SSSR count). The van der Waals surface area contributed by atoms with Gasteiger partial charge < -0.3 is 5.32 Å². The monoisotopic (exact) mass is 183 g/mol. The van der Waals surface area contributed by atoms with Crippen LogP contribution in [0.1, 0.15) is 11.1 Å². The molecule has 0 aliphatic rings. The summed E-state index contributed by atoms with van der Waals surface area (Å²) in [5, 5.41) is 2.59. The highest BCUT2D eigenvalue weighted by Crippen LogP contribution is 2.07. The first-order valence-electron chi connectivity index (χ1n) is 3.67. The van der Waals surface area contributed by atoms with Crippen molar-refractivity contribution >= 4 is 18.0 Å². The molecule has 0 unspecified atom stereocenters. The lowest BCUT2D eigenvalue weighted by Gasteiger charge is -2.01. The third kappa shape index (κ3) is 2.55. The van der Waals surface area contributed by atoms with Gasteiger partial charge in [-0.15, -0.1) is 11.6 Å². The number of carbonyl (C=O) groups excluding carboxylic acids is 1. The van der Waals surface area contributed by atoms with E-state index in [0.29, 0.717) is 18.8 Å². The summed E-state index contributed by atoms with van der Waals surface area (Å²) in [5.41, 5.74) is 2.14. The fraction of sp³-hybridized carbons (Fsp3) is 0.222. The van der Waals surface area contributed by atoms with E-state index in [1.54, 1.807) is 0 Å². The molecule has 12 heavy (non-hydrogen) atoms. The van der Waals surface area contributed by atoms with Crippen LogP contribution in [-0.2, 0) is 17.2 Å². The van der Waals surface area contributed by atoms with E-state index in [2.05, 4.69) is 5.32 Å². The van der Waals surface area contributed by atoms with Gasteiger partial charge in [0.2, 0.25) is 6.41 Å². The molecule has 0 aliphatic carbocycles. The summed E-state index contributed by atoms with van der Waals surface area (Å²) in [6, 6.07) is 7.81. The first kappa shape index (κ1) is 9.07. The number of carbonyl (C=O) groups is 1. The molecule has 0 saturated heterocycles. The summed E-state index contributed by atoms with van der Waals surface area (Å²) in [6.45, 7) is 0.564. The molecular weight excluding hydrogens is 174 g/mol. The summed E-state index contributed by atoms with van der Waals surface area (Å²) >= 11 is 5.64. The van der Waals surface area contributed by atoms with Gasteiger partial charge in [-0.25, -0.2) is 0 Å². The largest absolute Gasteiger partial charge is 0.355 e. The van der Waals surface area contributed by atoms with Gasteiger partial charge in [-0.2, -0.15) is 0 Å². The lowest BCUT2D eigenvalue weighted by Crippen LogP contribution is -2.09. The van der Waals surface area contributed by atoms with Gasteiger partial charge in [0.15, 0.2) is 0 Å². The minimum atomic E-state index is 0.509. The Balaban J connectivity index is 2.65. The minimum absolute atomic E-state index is 0.509. The van der Waals surface area contributed by atoms with E-state index < -0.39 is 0 Å². The van der Waals surface area contributed by atoms with Gasteiger partial charge in [0, 0.05) is 12.4 Å². The zero-order chi connectivity index (χ0) is 8.81. The first-order valence-corrected chi connectivity index (χ1v) is 4.21. The average molecular weight is 184 g/mol. The summed E-state index contributed by atoms with van der Waals surface area (Å²) < 4.78 is 0. The van der Waals surface area contributed by atoms with Crippen molar-refractivity contribution in [2.75, 3.05) is 0 Å². The van der Waals surface area contributed by atoms with Crippen LogP contribution in [0.2, 0.25) is 0 Å². The number of alkyl halides is 1. The van der Waals surface area contributed by atoms with E-state index in [9.17, 15) is 4.79 Å². The Hall–Kier alpha value is -1.02. The summed E-state index contributed by atoms with van der Waals surface area (Å²) in [7, 11) is 0. The van der Waals surface area contributed by atoms with Crippen molar-refractivity contribution in [2.24, 2.45) is 0 Å². The summed E-state index contributed by atoms with van der Waals surface area (Å²) in [6.07, 6.45) is 0.688. The Morgan fingerprint density at radius 2 is 2.17 bits per heavy atom. The lowest BCUT2D eigenvalue weighted by molar-refractivity contribution is -0.109. The number of nitrogens with one attached hydrogen (secondary N) is 1. The van der Waals surface area contributed by atoms with Gasteiger partial charge >= 0.3 is 0 Å². The van der Waals surface area contributed by atoms with Gasteiger partial charge in [-0.3, -0.25) is 4.79 Å². The molecule has 0 saturated carbocycles. The number of hydrogen-bond donors (Lipinski definition) is 1. The normalized spacial score (nSPS) is 9.42. The lowest BCUT2D eigenvalue weighted by atomic mass is 10.1. The molecule has 3 heteroatoms. The van der Waals surface area contributed by atoms with Crippen molar-refractivity contribution < 1.29 is 4.79 Å². The quantitative estimate of drug-likeness (QED) is 0.559. The molecule has 1 aromatic rings. The predicted molar refractivity (Wildman–Crippen MR) is 48.9 cm³/mol. The van der Waals surface area contributed by atoms with Crippen molar-refractivity contribution in [3.05, 3.63) is 35.4 Å². The van der Waals surface area contributed by atoms with Crippen molar-refractivity contribution in [3.8, 4) is 0 Å². The van der Waals surface area contributed by atoms with Crippen molar-refractivity contribution in [3.63, 3.8) is 0 Å². The van der Waals surface area contributed by atoms with Crippen LogP contribution >= 0.6 is 11.6 Å². The zero-order valence-corrected chi connectivity index (χ0v) is 7.34. The first-order chi connectivity index (χ1) is 5.86. The second-order valence-corrected chi connectivity index (χ2v) is 2.72. The van der Waals surface area contributed by atoms with Crippen LogP contribution in [0.3, 0.4) is 0 Å². The molecule has 0 radical (unpaired) electrons. The smallest absolute Gasteiger partial charge is 0.207 e. The van der Waals surface area contributed by atoms with Gasteiger partial charge in [-0.05, 0) is 11.1 Å². The summed E-state index contributed by atoms with van der Waals surface area (Å²) in [5.74, 6) is 0.509. The molecule has 1 N–H and O–H groups in total. The Kier molecular flexibility index (Phi) is 3.61. The Labute approximate surface area is 76.5 Å². The Morgan fingerprint density at radius 3 is 2.83 bits per heavy atom. The second-order valence-electron chi connectivity index (χ2n) is 2.45. The van der Waals surface area contributed by atoms with Crippen molar-refractivity contribution in [1.29, 1.82) is 0 Å². The van der Waals surface area contributed by atoms with E-state index in [4.69, 9.17) is 11.6 Å². The molecule has 0 heterocycles. The maximum atomic E-state index is 10.00. The number of hydrogen-bond acceptors (Lipinski definition) is 1. The molecule has 0 spiro atoms. The molecule has 0 aliphatic heterocycles. The van der Waals surface area contributed by atoms with Gasteiger partial charge in [-0.1, -0.05) is 24.3 Å². The van der Waals surface area contributed by atoms with E-state index in [0.717, 1.165) is 11.1 Å². The molecule has 1 aromatic carbocycles. The van der Waals surface area contributed by atoms with Crippen molar-refractivity contribution in [2.45, 2.75) is 12.4 Å². The molecule has 2 nitrogen and oxygen atoms in total. The molecule has 0 fully saturated rings. The topological polar surface area (TPSA) is 29.1 Å². The standard InChI is InChI=1S/C9H10ClNO/c10-5-8-2-1-3-9(4-8)6-11-7-12/h1-4,7H,5-6H2,(H,11,12). The van der Waals surface area contributed by atoms with Crippen molar-refractivity contribution in [1.82, 2.24) is 5.32 Å². The number of benzene rings is 1. The minimum Gasteiger partial charge on any atom is -0.355 e. The van der Waals surface area contributed by atoms with E-state index in [1.807, 2.05) is 24.3 Å². The maximum Gasteiger partial charge on any atom is 0.207 e. The van der Waals surface area contributed by atoms with Crippen LogP contribution in [0.15, 0.2) is 24.3 Å². The van der Waals surface area contributed by atoms with Gasteiger partial charge in [0.05, 0.1) is 0 Å².